The second-order valence-electron chi connectivity index (χ2n) is 7.71. The van der Waals surface area contributed by atoms with Gasteiger partial charge in [0.25, 0.3) is 5.91 Å². The van der Waals surface area contributed by atoms with Crippen LogP contribution in [-0.2, 0) is 4.79 Å². The highest BCUT2D eigenvalue weighted by Crippen LogP contribution is 2.13. The van der Waals surface area contributed by atoms with Crippen LogP contribution in [0.3, 0.4) is 0 Å². The van der Waals surface area contributed by atoms with Crippen LogP contribution in [0.15, 0.2) is 24.3 Å². The lowest BCUT2D eigenvalue weighted by molar-refractivity contribution is -0.112. The Hall–Kier alpha value is -1.95. The van der Waals surface area contributed by atoms with E-state index in [2.05, 4.69) is 24.1 Å². The molecule has 0 spiro atoms. The number of benzene rings is 1. The van der Waals surface area contributed by atoms with E-state index >= 15 is 0 Å². The van der Waals surface area contributed by atoms with Crippen LogP contribution in [0.1, 0.15) is 102 Å². The van der Waals surface area contributed by atoms with E-state index in [1.54, 1.807) is 0 Å². The maximum Gasteiger partial charge on any atom is 0.293 e. The highest BCUT2D eigenvalue weighted by molar-refractivity contribution is 5.92. The Morgan fingerprint density at radius 2 is 1.25 bits per heavy atom. The van der Waals surface area contributed by atoms with E-state index < -0.39 is 5.91 Å². The average Bonchev–Trinajstić information content (AvgIpc) is 2.70. The zero-order chi connectivity index (χ0) is 20.3. The Morgan fingerprint density at radius 1 is 0.786 bits per heavy atom. The van der Waals surface area contributed by atoms with E-state index in [1.165, 1.54) is 89.9 Å². The maximum atomic E-state index is 10.6. The van der Waals surface area contributed by atoms with E-state index in [4.69, 9.17) is 5.73 Å². The number of amides is 1. The van der Waals surface area contributed by atoms with Gasteiger partial charge in [0.05, 0.1) is 0 Å². The molecule has 3 nitrogen and oxygen atoms in total. The van der Waals surface area contributed by atoms with Crippen molar-refractivity contribution in [3.63, 3.8) is 0 Å². The van der Waals surface area contributed by atoms with Gasteiger partial charge < -0.3 is 11.1 Å². The molecular weight excluding hydrogens is 344 g/mol. The summed E-state index contributed by atoms with van der Waals surface area (Å²) in [6.07, 6.45) is 19.4. The minimum Gasteiger partial charge on any atom is -0.385 e. The van der Waals surface area contributed by atoms with E-state index in [0.717, 1.165) is 17.8 Å². The summed E-state index contributed by atoms with van der Waals surface area (Å²) in [4.78, 5) is 10.6. The second kappa shape index (κ2) is 17.2. The Morgan fingerprint density at radius 3 is 1.71 bits per heavy atom. The van der Waals surface area contributed by atoms with Crippen molar-refractivity contribution in [3.8, 4) is 11.8 Å². The molecule has 0 atom stereocenters. The smallest absolute Gasteiger partial charge is 0.293 e. The predicted molar refractivity (Wildman–Crippen MR) is 121 cm³/mol. The molecular formula is C25H40N2O. The van der Waals surface area contributed by atoms with Gasteiger partial charge in [-0.25, -0.2) is 0 Å². The van der Waals surface area contributed by atoms with Crippen molar-refractivity contribution >= 4 is 11.6 Å². The Bertz CT molecular complexity index is 568. The number of rotatable bonds is 16. The first-order chi connectivity index (χ1) is 13.7. The molecule has 1 amide bonds. The molecule has 28 heavy (non-hydrogen) atoms. The number of hydrogen-bond donors (Lipinski definition) is 2. The highest BCUT2D eigenvalue weighted by atomic mass is 16.1. The van der Waals surface area contributed by atoms with Crippen LogP contribution in [0, 0.1) is 11.8 Å². The number of nitrogens with two attached hydrogens (primary N) is 1. The van der Waals surface area contributed by atoms with Gasteiger partial charge in [0.15, 0.2) is 0 Å². The van der Waals surface area contributed by atoms with E-state index in [-0.39, 0.29) is 0 Å². The summed E-state index contributed by atoms with van der Waals surface area (Å²) >= 11 is 0. The number of anilines is 1. The minimum atomic E-state index is -0.597. The third-order valence-corrected chi connectivity index (χ3v) is 5.07. The molecule has 0 fully saturated rings. The van der Waals surface area contributed by atoms with Crippen LogP contribution >= 0.6 is 0 Å². The number of nitrogens with one attached hydrogen (secondary N) is 1. The second-order valence-corrected chi connectivity index (χ2v) is 7.71. The Kier molecular flexibility index (Phi) is 14.8. The van der Waals surface area contributed by atoms with E-state index in [0.29, 0.717) is 0 Å². The summed E-state index contributed by atoms with van der Waals surface area (Å²) in [7, 11) is 0. The molecule has 0 bridgehead atoms. The molecule has 0 saturated heterocycles. The summed E-state index contributed by atoms with van der Waals surface area (Å²) < 4.78 is 0. The van der Waals surface area contributed by atoms with Gasteiger partial charge in [0.1, 0.15) is 0 Å². The van der Waals surface area contributed by atoms with Crippen molar-refractivity contribution in [1.82, 2.24) is 0 Å². The maximum absolute atomic E-state index is 10.6. The molecule has 0 aromatic heterocycles. The van der Waals surface area contributed by atoms with E-state index in [9.17, 15) is 4.79 Å². The monoisotopic (exact) mass is 384 g/mol. The van der Waals surface area contributed by atoms with Gasteiger partial charge in [-0.2, -0.15) is 0 Å². The van der Waals surface area contributed by atoms with Crippen molar-refractivity contribution in [3.05, 3.63) is 29.8 Å². The van der Waals surface area contributed by atoms with Gasteiger partial charge in [0, 0.05) is 17.8 Å². The molecule has 0 unspecified atom stereocenters. The average molecular weight is 385 g/mol. The molecule has 0 aliphatic carbocycles. The molecule has 0 heterocycles. The van der Waals surface area contributed by atoms with Crippen molar-refractivity contribution in [2.24, 2.45) is 5.73 Å². The van der Waals surface area contributed by atoms with Crippen LogP contribution in [0.2, 0.25) is 0 Å². The Balaban J connectivity index is 1.89. The fraction of sp³-hybridized carbons (Fsp3) is 0.640. The molecule has 0 aliphatic heterocycles. The SMILES string of the molecule is CCCCCCCCCCCCCCCCNc1ccc(C#CC(N)=O)cc1. The zero-order valence-electron chi connectivity index (χ0n) is 17.9. The molecule has 156 valence electrons. The van der Waals surface area contributed by atoms with Crippen molar-refractivity contribution in [1.29, 1.82) is 0 Å². The lowest BCUT2D eigenvalue weighted by Crippen LogP contribution is -2.06. The molecule has 0 radical (unpaired) electrons. The summed E-state index contributed by atoms with van der Waals surface area (Å²) in [6.45, 7) is 3.28. The molecule has 1 aromatic rings. The summed E-state index contributed by atoms with van der Waals surface area (Å²) in [6, 6.07) is 7.80. The van der Waals surface area contributed by atoms with Crippen molar-refractivity contribution in [2.45, 2.75) is 96.8 Å². The fourth-order valence-corrected chi connectivity index (χ4v) is 3.36. The zero-order valence-corrected chi connectivity index (χ0v) is 17.9. The van der Waals surface area contributed by atoms with E-state index in [1.807, 2.05) is 24.3 Å². The first-order valence-corrected chi connectivity index (χ1v) is 11.4. The van der Waals surface area contributed by atoms with Crippen molar-refractivity contribution < 1.29 is 4.79 Å². The number of hydrogen-bond acceptors (Lipinski definition) is 2. The lowest BCUT2D eigenvalue weighted by Gasteiger charge is -2.06. The fourth-order valence-electron chi connectivity index (χ4n) is 3.36. The highest BCUT2D eigenvalue weighted by Gasteiger charge is 1.95. The molecule has 3 heteroatoms. The summed E-state index contributed by atoms with van der Waals surface area (Å²) in [5, 5.41) is 3.44. The van der Waals surface area contributed by atoms with Gasteiger partial charge in [-0.05, 0) is 36.6 Å². The van der Waals surface area contributed by atoms with Gasteiger partial charge in [-0.1, -0.05) is 96.3 Å². The normalized spacial score (nSPS) is 10.3. The lowest BCUT2D eigenvalue weighted by atomic mass is 10.0. The van der Waals surface area contributed by atoms with Crippen LogP contribution in [0.25, 0.3) is 0 Å². The van der Waals surface area contributed by atoms with Crippen LogP contribution in [0.5, 0.6) is 0 Å². The predicted octanol–water partition coefficient (Wildman–Crippen LogP) is 6.42. The number of carbonyl (C=O) groups excluding carboxylic acids is 1. The number of carbonyl (C=O) groups is 1. The van der Waals surface area contributed by atoms with Gasteiger partial charge in [-0.15, -0.1) is 0 Å². The first-order valence-electron chi connectivity index (χ1n) is 11.4. The number of unbranched alkanes of at least 4 members (excludes halogenated alkanes) is 13. The third kappa shape index (κ3) is 14.2. The van der Waals surface area contributed by atoms with Crippen molar-refractivity contribution in [2.75, 3.05) is 11.9 Å². The molecule has 0 saturated carbocycles. The standard InChI is InChI=1S/C25H40N2O/c1-2-3-4-5-6-7-8-9-10-11-12-13-14-15-22-27-24-19-16-23(17-20-24)18-21-25(26)28/h16-17,19-20,27H,2-15,22H2,1H3,(H2,26,28). The van der Waals surface area contributed by atoms with Crippen LogP contribution in [0.4, 0.5) is 5.69 Å². The van der Waals surface area contributed by atoms with Gasteiger partial charge in [-0.3, -0.25) is 4.79 Å². The topological polar surface area (TPSA) is 55.1 Å². The van der Waals surface area contributed by atoms with Gasteiger partial charge >= 0.3 is 0 Å². The number of primary amides is 1. The minimum absolute atomic E-state index is 0.597. The largest absolute Gasteiger partial charge is 0.385 e. The molecule has 3 N–H and O–H groups in total. The summed E-state index contributed by atoms with van der Waals surface area (Å²) in [5.74, 6) is 4.49. The molecule has 0 aliphatic rings. The third-order valence-electron chi connectivity index (χ3n) is 5.07. The molecule has 1 aromatic carbocycles. The quantitative estimate of drug-likeness (QED) is 0.255. The van der Waals surface area contributed by atoms with Gasteiger partial charge in [0.2, 0.25) is 0 Å². The molecule has 1 rings (SSSR count). The summed E-state index contributed by atoms with van der Waals surface area (Å²) in [5.41, 5.74) is 6.92. The van der Waals surface area contributed by atoms with Crippen LogP contribution in [-0.4, -0.2) is 12.5 Å². The van der Waals surface area contributed by atoms with Crippen LogP contribution < -0.4 is 11.1 Å². The first kappa shape index (κ1) is 24.1. The Labute approximate surface area is 172 Å².